The Balaban J connectivity index is 1.45. The van der Waals surface area contributed by atoms with Crippen LogP contribution in [0, 0.1) is 0 Å². The average molecular weight is 443 g/mol. The number of aromatic nitrogens is 1. The summed E-state index contributed by atoms with van der Waals surface area (Å²) in [6, 6.07) is 27.7. The molecular weight excluding hydrogens is 416 g/mol. The topological polar surface area (TPSA) is 84.6 Å². The lowest BCUT2D eigenvalue weighted by molar-refractivity contribution is -0.129. The molecule has 0 spiro atoms. The highest BCUT2D eigenvalue weighted by Crippen LogP contribution is 2.36. The van der Waals surface area contributed by atoms with E-state index in [1.807, 2.05) is 84.9 Å². The van der Waals surface area contributed by atoms with Crippen molar-refractivity contribution in [3.63, 3.8) is 0 Å². The summed E-state index contributed by atoms with van der Waals surface area (Å²) in [6.45, 7) is 0.565. The van der Waals surface area contributed by atoms with Gasteiger partial charge in [0.1, 0.15) is 11.4 Å². The van der Waals surface area contributed by atoms with E-state index < -0.39 is 0 Å². The van der Waals surface area contributed by atoms with Crippen LogP contribution < -0.4 is 10.2 Å². The first-order chi connectivity index (χ1) is 16.2. The normalized spacial score (nSPS) is 10.7. The molecule has 0 aliphatic rings. The summed E-state index contributed by atoms with van der Waals surface area (Å²) >= 11 is 0. The van der Waals surface area contributed by atoms with Crippen LogP contribution in [0.3, 0.4) is 0 Å². The van der Waals surface area contributed by atoms with Gasteiger partial charge in [-0.1, -0.05) is 60.7 Å². The molecule has 0 unspecified atom stereocenters. The van der Waals surface area contributed by atoms with E-state index >= 15 is 0 Å². The predicted octanol–water partition coefficient (Wildman–Crippen LogP) is 6.12. The average Bonchev–Trinajstić information content (AvgIpc) is 3.33. The summed E-state index contributed by atoms with van der Waals surface area (Å²) in [4.78, 5) is 15.8. The SMILES string of the molecule is O=C(CCCCCOc1ccc(-c2nc(-c3ccccc3)c(-c3ccccc3)o2)cc1)NO. The van der Waals surface area contributed by atoms with Gasteiger partial charge < -0.3 is 9.15 Å². The fourth-order valence-corrected chi connectivity index (χ4v) is 3.52. The van der Waals surface area contributed by atoms with Gasteiger partial charge in [0.15, 0.2) is 5.76 Å². The fraction of sp³-hybridized carbons (Fsp3) is 0.185. The maximum atomic E-state index is 11.0. The van der Waals surface area contributed by atoms with Crippen molar-refractivity contribution in [2.24, 2.45) is 0 Å². The molecule has 33 heavy (non-hydrogen) atoms. The molecule has 0 saturated carbocycles. The number of rotatable bonds is 10. The van der Waals surface area contributed by atoms with Crippen molar-refractivity contribution < 1.29 is 19.2 Å². The van der Waals surface area contributed by atoms with E-state index in [4.69, 9.17) is 19.3 Å². The van der Waals surface area contributed by atoms with Gasteiger partial charge in [-0.2, -0.15) is 0 Å². The zero-order valence-corrected chi connectivity index (χ0v) is 18.2. The third-order valence-electron chi connectivity index (χ3n) is 5.25. The molecule has 4 rings (SSSR count). The second-order valence-electron chi connectivity index (χ2n) is 7.65. The molecule has 6 heteroatoms. The minimum Gasteiger partial charge on any atom is -0.494 e. The van der Waals surface area contributed by atoms with Crippen molar-refractivity contribution in [1.29, 1.82) is 0 Å². The first-order valence-electron chi connectivity index (χ1n) is 11.0. The smallest absolute Gasteiger partial charge is 0.243 e. The maximum absolute atomic E-state index is 11.0. The summed E-state index contributed by atoms with van der Waals surface area (Å²) in [5.74, 6) is 1.71. The minimum absolute atomic E-state index is 0.317. The molecule has 0 fully saturated rings. The van der Waals surface area contributed by atoms with Crippen molar-refractivity contribution in [2.45, 2.75) is 25.7 Å². The number of carbonyl (C=O) groups is 1. The van der Waals surface area contributed by atoms with E-state index in [-0.39, 0.29) is 5.91 Å². The zero-order chi connectivity index (χ0) is 22.9. The Hall–Kier alpha value is -3.90. The fourth-order valence-electron chi connectivity index (χ4n) is 3.52. The van der Waals surface area contributed by atoms with Gasteiger partial charge in [0.25, 0.3) is 0 Å². The third-order valence-corrected chi connectivity index (χ3v) is 5.25. The molecule has 0 bridgehead atoms. The Kier molecular flexibility index (Phi) is 7.51. The molecule has 0 radical (unpaired) electrons. The summed E-state index contributed by atoms with van der Waals surface area (Å²) in [7, 11) is 0. The Labute approximate surface area is 192 Å². The largest absolute Gasteiger partial charge is 0.494 e. The van der Waals surface area contributed by atoms with Gasteiger partial charge in [0, 0.05) is 23.1 Å². The number of unbranched alkanes of at least 4 members (excludes halogenated alkanes) is 2. The van der Waals surface area contributed by atoms with Crippen LogP contribution in [0.5, 0.6) is 5.75 Å². The zero-order valence-electron chi connectivity index (χ0n) is 18.2. The van der Waals surface area contributed by atoms with E-state index in [0.717, 1.165) is 46.7 Å². The van der Waals surface area contributed by atoms with Crippen molar-refractivity contribution in [1.82, 2.24) is 10.5 Å². The first-order valence-corrected chi connectivity index (χ1v) is 11.0. The molecule has 0 aliphatic heterocycles. The lowest BCUT2D eigenvalue weighted by Gasteiger charge is -2.06. The molecule has 1 heterocycles. The van der Waals surface area contributed by atoms with E-state index in [9.17, 15) is 4.79 Å². The van der Waals surface area contributed by atoms with Crippen LogP contribution in [0.15, 0.2) is 89.3 Å². The molecular formula is C27H26N2O4. The first kappa shape index (κ1) is 22.3. The number of benzene rings is 3. The van der Waals surface area contributed by atoms with Crippen LogP contribution in [-0.4, -0.2) is 22.7 Å². The second kappa shape index (κ2) is 11.1. The van der Waals surface area contributed by atoms with E-state index in [2.05, 4.69) is 0 Å². The predicted molar refractivity (Wildman–Crippen MR) is 127 cm³/mol. The van der Waals surface area contributed by atoms with Gasteiger partial charge in [-0.3, -0.25) is 10.0 Å². The second-order valence-corrected chi connectivity index (χ2v) is 7.65. The molecule has 3 aromatic carbocycles. The third kappa shape index (κ3) is 5.87. The minimum atomic E-state index is -0.358. The highest BCUT2D eigenvalue weighted by Gasteiger charge is 2.17. The number of oxazole rings is 1. The maximum Gasteiger partial charge on any atom is 0.243 e. The van der Waals surface area contributed by atoms with Gasteiger partial charge in [0.2, 0.25) is 11.8 Å². The van der Waals surface area contributed by atoms with Crippen molar-refractivity contribution >= 4 is 5.91 Å². The molecule has 168 valence electrons. The molecule has 1 amide bonds. The van der Waals surface area contributed by atoms with Crippen LogP contribution in [-0.2, 0) is 4.79 Å². The highest BCUT2D eigenvalue weighted by atomic mass is 16.5. The lowest BCUT2D eigenvalue weighted by Crippen LogP contribution is -2.17. The van der Waals surface area contributed by atoms with Crippen molar-refractivity contribution in [3.05, 3.63) is 84.9 Å². The lowest BCUT2D eigenvalue weighted by atomic mass is 10.1. The summed E-state index contributed by atoms with van der Waals surface area (Å²) in [6.07, 6.45) is 2.72. The van der Waals surface area contributed by atoms with Crippen molar-refractivity contribution in [2.75, 3.05) is 6.61 Å². The number of carbonyl (C=O) groups excluding carboxylic acids is 1. The van der Waals surface area contributed by atoms with E-state index in [1.54, 1.807) is 5.48 Å². The van der Waals surface area contributed by atoms with Gasteiger partial charge >= 0.3 is 0 Å². The molecule has 4 aromatic rings. The molecule has 1 aromatic heterocycles. The van der Waals surface area contributed by atoms with Crippen LogP contribution >= 0.6 is 0 Å². The number of hydrogen-bond donors (Lipinski definition) is 2. The number of nitrogens with zero attached hydrogens (tertiary/aromatic N) is 1. The number of nitrogens with one attached hydrogen (secondary N) is 1. The molecule has 6 nitrogen and oxygen atoms in total. The van der Waals surface area contributed by atoms with Gasteiger partial charge in [-0.25, -0.2) is 10.5 Å². The van der Waals surface area contributed by atoms with Crippen LogP contribution in [0.1, 0.15) is 25.7 Å². The van der Waals surface area contributed by atoms with Gasteiger partial charge in [0.05, 0.1) is 6.61 Å². The van der Waals surface area contributed by atoms with Crippen molar-refractivity contribution in [3.8, 4) is 39.8 Å². The van der Waals surface area contributed by atoms with Crippen LogP contribution in [0.2, 0.25) is 0 Å². The van der Waals surface area contributed by atoms with E-state index in [1.165, 1.54) is 0 Å². The Morgan fingerprint density at radius 1 is 0.818 bits per heavy atom. The Morgan fingerprint density at radius 2 is 1.48 bits per heavy atom. The van der Waals surface area contributed by atoms with Crippen LogP contribution in [0.4, 0.5) is 0 Å². The van der Waals surface area contributed by atoms with E-state index in [0.29, 0.717) is 25.3 Å². The molecule has 2 N–H and O–H groups in total. The monoisotopic (exact) mass is 442 g/mol. The molecule has 0 aliphatic carbocycles. The Bertz CT molecular complexity index is 1100. The standard InChI is InChI=1S/C27H26N2O4/c30-24(29-31)14-8-3-9-19-32-23-17-15-22(16-18-23)27-28-25(20-10-4-1-5-11-20)26(33-27)21-12-6-2-7-13-21/h1-2,4-7,10-13,15-18,31H,3,8-9,14,19H2,(H,29,30). The number of amides is 1. The van der Waals surface area contributed by atoms with Gasteiger partial charge in [-0.15, -0.1) is 0 Å². The van der Waals surface area contributed by atoms with Crippen LogP contribution in [0.25, 0.3) is 34.0 Å². The summed E-state index contributed by atoms with van der Waals surface area (Å²) in [5.41, 5.74) is 5.31. The number of hydroxylamine groups is 1. The number of hydrogen-bond acceptors (Lipinski definition) is 5. The number of ether oxygens (including phenoxy) is 1. The summed E-state index contributed by atoms with van der Waals surface area (Å²) < 4.78 is 12.0. The molecule has 0 saturated heterocycles. The highest BCUT2D eigenvalue weighted by molar-refractivity contribution is 5.79. The molecule has 0 atom stereocenters. The summed E-state index contributed by atoms with van der Waals surface area (Å²) in [5, 5.41) is 8.49. The quantitative estimate of drug-likeness (QED) is 0.176. The Morgan fingerprint density at radius 3 is 2.15 bits per heavy atom. The van der Waals surface area contributed by atoms with Gasteiger partial charge in [-0.05, 0) is 43.5 Å².